The summed E-state index contributed by atoms with van der Waals surface area (Å²) in [5, 5.41) is -0.589. The highest BCUT2D eigenvalue weighted by atomic mass is 35.7. The van der Waals surface area contributed by atoms with E-state index >= 15 is 0 Å². The molecule has 0 aliphatic rings. The van der Waals surface area contributed by atoms with Crippen LogP contribution in [-0.2, 0) is 9.05 Å². The molecule has 2 nitrogen and oxygen atoms in total. The molecule has 6 heteroatoms. The summed E-state index contributed by atoms with van der Waals surface area (Å²) in [6.45, 7) is 0. The van der Waals surface area contributed by atoms with Gasteiger partial charge in [0.2, 0.25) is 9.05 Å². The Morgan fingerprint density at radius 3 is 2.00 bits per heavy atom. The first-order valence-corrected chi connectivity index (χ1v) is 5.53. The average Bonchev–Trinajstić information content (AvgIpc) is 1.62. The summed E-state index contributed by atoms with van der Waals surface area (Å²) in [7, 11) is 1.36. The third-order valence-corrected chi connectivity index (χ3v) is 2.75. The molecule has 0 rings (SSSR count). The largest absolute Gasteiger partial charge is 0.234 e. The molecular formula is C3H5Cl3O2S. The summed E-state index contributed by atoms with van der Waals surface area (Å²) in [6.07, 6.45) is 0. The number of hydrogen-bond donors (Lipinski definition) is 0. The normalized spacial score (nSPS) is 15.4. The van der Waals surface area contributed by atoms with Crippen molar-refractivity contribution in [1.29, 1.82) is 0 Å². The lowest BCUT2D eigenvalue weighted by Crippen LogP contribution is -2.12. The second-order valence-electron chi connectivity index (χ2n) is 1.46. The predicted octanol–water partition coefficient (Wildman–Crippen LogP) is 1.40. The molecule has 1 atom stereocenters. The third-order valence-electron chi connectivity index (χ3n) is 0.547. The molecule has 0 bridgehead atoms. The standard InChI is InChI=1S/C3H5Cl3O2S/c4-1-3(5)2-9(6,7)8/h3H,1-2H2. The Morgan fingerprint density at radius 2 is 1.89 bits per heavy atom. The van der Waals surface area contributed by atoms with E-state index in [0.29, 0.717) is 0 Å². The summed E-state index contributed by atoms with van der Waals surface area (Å²) >= 11 is 10.6. The van der Waals surface area contributed by atoms with Gasteiger partial charge in [0.25, 0.3) is 0 Å². The van der Waals surface area contributed by atoms with Gasteiger partial charge in [-0.25, -0.2) is 8.42 Å². The van der Waals surface area contributed by atoms with Gasteiger partial charge in [0.05, 0.1) is 11.1 Å². The number of hydrogen-bond acceptors (Lipinski definition) is 2. The lowest BCUT2D eigenvalue weighted by atomic mass is 10.6. The van der Waals surface area contributed by atoms with Gasteiger partial charge in [-0.15, -0.1) is 23.2 Å². The maximum absolute atomic E-state index is 10.2. The van der Waals surface area contributed by atoms with Crippen LogP contribution in [0.4, 0.5) is 0 Å². The summed E-state index contributed by atoms with van der Waals surface area (Å²) in [6, 6.07) is 0. The first-order chi connectivity index (χ1) is 3.95. The van der Waals surface area contributed by atoms with E-state index in [2.05, 4.69) is 0 Å². The molecule has 0 saturated carbocycles. The third kappa shape index (κ3) is 6.71. The van der Waals surface area contributed by atoms with Gasteiger partial charge in [-0.05, 0) is 0 Å². The zero-order valence-corrected chi connectivity index (χ0v) is 7.43. The second kappa shape index (κ2) is 3.86. The summed E-state index contributed by atoms with van der Waals surface area (Å²) in [4.78, 5) is 0. The average molecular weight is 211 g/mol. The molecule has 0 saturated heterocycles. The van der Waals surface area contributed by atoms with E-state index in [1.165, 1.54) is 0 Å². The van der Waals surface area contributed by atoms with Gasteiger partial charge in [-0.2, -0.15) is 0 Å². The fourth-order valence-corrected chi connectivity index (χ4v) is 2.20. The molecule has 1 unspecified atom stereocenters. The molecule has 0 heterocycles. The molecule has 0 aliphatic heterocycles. The van der Waals surface area contributed by atoms with E-state index in [1.54, 1.807) is 0 Å². The van der Waals surface area contributed by atoms with Gasteiger partial charge in [0.1, 0.15) is 0 Å². The van der Waals surface area contributed by atoms with Crippen LogP contribution >= 0.6 is 33.9 Å². The van der Waals surface area contributed by atoms with Gasteiger partial charge in [0.15, 0.2) is 0 Å². The van der Waals surface area contributed by atoms with Crippen LogP contribution in [0.15, 0.2) is 0 Å². The van der Waals surface area contributed by atoms with Crippen molar-refractivity contribution in [3.8, 4) is 0 Å². The predicted molar refractivity (Wildman–Crippen MR) is 40.0 cm³/mol. The SMILES string of the molecule is O=S(=O)(Cl)CC(Cl)CCl. The molecule has 9 heavy (non-hydrogen) atoms. The number of halogens is 3. The van der Waals surface area contributed by atoms with E-state index in [9.17, 15) is 8.42 Å². The summed E-state index contributed by atoms with van der Waals surface area (Å²) in [5.41, 5.74) is 0. The molecule has 0 radical (unpaired) electrons. The first-order valence-electron chi connectivity index (χ1n) is 2.08. The zero-order chi connectivity index (χ0) is 7.49. The minimum absolute atomic E-state index is 0.0908. The van der Waals surface area contributed by atoms with Crippen LogP contribution in [0.5, 0.6) is 0 Å². The molecule has 0 aromatic carbocycles. The van der Waals surface area contributed by atoms with Gasteiger partial charge >= 0.3 is 0 Å². The van der Waals surface area contributed by atoms with E-state index in [0.717, 1.165) is 0 Å². The molecule has 0 aliphatic carbocycles. The summed E-state index contributed by atoms with van der Waals surface area (Å²) < 4.78 is 20.4. The van der Waals surface area contributed by atoms with Crippen molar-refractivity contribution in [3.05, 3.63) is 0 Å². The minimum atomic E-state index is -3.48. The smallest absolute Gasteiger partial charge is 0.212 e. The highest BCUT2D eigenvalue weighted by Gasteiger charge is 2.12. The molecular weight excluding hydrogens is 206 g/mol. The molecule has 0 amide bonds. The van der Waals surface area contributed by atoms with Crippen LogP contribution in [-0.4, -0.2) is 25.4 Å². The minimum Gasteiger partial charge on any atom is -0.212 e. The molecule has 0 spiro atoms. The zero-order valence-electron chi connectivity index (χ0n) is 4.35. The van der Waals surface area contributed by atoms with Crippen molar-refractivity contribution in [1.82, 2.24) is 0 Å². The van der Waals surface area contributed by atoms with Crippen LogP contribution in [0.3, 0.4) is 0 Å². The Hall–Kier alpha value is 0.820. The van der Waals surface area contributed by atoms with Gasteiger partial charge in [-0.1, -0.05) is 0 Å². The van der Waals surface area contributed by atoms with Crippen molar-refractivity contribution in [3.63, 3.8) is 0 Å². The van der Waals surface area contributed by atoms with Crippen molar-refractivity contribution in [2.24, 2.45) is 0 Å². The van der Waals surface area contributed by atoms with Crippen LogP contribution in [0.2, 0.25) is 0 Å². The van der Waals surface area contributed by atoms with Crippen LogP contribution < -0.4 is 0 Å². The molecule has 0 aromatic rings. The summed E-state index contributed by atoms with van der Waals surface area (Å²) in [5.74, 6) is -0.187. The molecule has 56 valence electrons. The maximum atomic E-state index is 10.2. The van der Waals surface area contributed by atoms with E-state index in [4.69, 9.17) is 33.9 Å². The quantitative estimate of drug-likeness (QED) is 0.522. The topological polar surface area (TPSA) is 34.1 Å². The molecule has 0 fully saturated rings. The lowest BCUT2D eigenvalue weighted by molar-refractivity contribution is 0.608. The maximum Gasteiger partial charge on any atom is 0.234 e. The molecule has 0 N–H and O–H groups in total. The Kier molecular flexibility index (Phi) is 4.21. The highest BCUT2D eigenvalue weighted by molar-refractivity contribution is 8.13. The van der Waals surface area contributed by atoms with Crippen molar-refractivity contribution in [2.45, 2.75) is 5.38 Å². The van der Waals surface area contributed by atoms with Crippen molar-refractivity contribution < 1.29 is 8.42 Å². The number of rotatable bonds is 3. The fraction of sp³-hybridized carbons (Fsp3) is 1.00. The first kappa shape index (κ1) is 9.82. The Bertz CT molecular complexity index is 164. The van der Waals surface area contributed by atoms with Crippen LogP contribution in [0.1, 0.15) is 0 Å². The molecule has 0 aromatic heterocycles. The van der Waals surface area contributed by atoms with E-state index in [-0.39, 0.29) is 11.6 Å². The van der Waals surface area contributed by atoms with Crippen LogP contribution in [0.25, 0.3) is 0 Å². The fourth-order valence-electron chi connectivity index (χ4n) is 0.261. The second-order valence-corrected chi connectivity index (χ2v) is 5.20. The Morgan fingerprint density at radius 1 is 1.44 bits per heavy atom. The monoisotopic (exact) mass is 210 g/mol. The van der Waals surface area contributed by atoms with Gasteiger partial charge < -0.3 is 0 Å². The van der Waals surface area contributed by atoms with Crippen molar-refractivity contribution in [2.75, 3.05) is 11.6 Å². The van der Waals surface area contributed by atoms with E-state index in [1.807, 2.05) is 0 Å². The lowest BCUT2D eigenvalue weighted by Gasteiger charge is -1.98. The number of alkyl halides is 2. The highest BCUT2D eigenvalue weighted by Crippen LogP contribution is 2.06. The van der Waals surface area contributed by atoms with Gasteiger partial charge in [-0.3, -0.25) is 0 Å². The Labute approximate surface area is 68.5 Å². The van der Waals surface area contributed by atoms with Gasteiger partial charge in [0, 0.05) is 16.6 Å². The van der Waals surface area contributed by atoms with E-state index < -0.39 is 14.4 Å². The van der Waals surface area contributed by atoms with Crippen molar-refractivity contribution >= 4 is 42.9 Å². The Balaban J connectivity index is 3.75. The van der Waals surface area contributed by atoms with Crippen LogP contribution in [0, 0.1) is 0 Å².